The fourth-order valence-corrected chi connectivity index (χ4v) is 3.94. The van der Waals surface area contributed by atoms with Crippen LogP contribution in [0.15, 0.2) is 34.4 Å². The molecule has 1 aromatic carbocycles. The van der Waals surface area contributed by atoms with E-state index in [4.69, 9.17) is 4.99 Å². The highest BCUT2D eigenvalue weighted by Crippen LogP contribution is 2.36. The topological polar surface area (TPSA) is 74.1 Å². The number of ketones is 1. The Labute approximate surface area is 160 Å². The second-order valence-corrected chi connectivity index (χ2v) is 7.80. The van der Waals surface area contributed by atoms with Crippen LogP contribution in [0.3, 0.4) is 0 Å². The molecule has 0 spiro atoms. The molecule has 0 saturated heterocycles. The van der Waals surface area contributed by atoms with Crippen LogP contribution in [0, 0.1) is 12.8 Å². The van der Waals surface area contributed by atoms with Crippen LogP contribution in [0.25, 0.3) is 0 Å². The number of benzene rings is 1. The molecule has 1 N–H and O–H groups in total. The van der Waals surface area contributed by atoms with E-state index in [2.05, 4.69) is 41.6 Å². The number of amidine groups is 1. The van der Waals surface area contributed by atoms with Gasteiger partial charge in [0.05, 0.1) is 11.5 Å². The average molecular weight is 368 g/mol. The summed E-state index contributed by atoms with van der Waals surface area (Å²) < 4.78 is 0. The molecule has 3 rings (SSSR count). The van der Waals surface area contributed by atoms with Gasteiger partial charge in [0.15, 0.2) is 6.04 Å². The summed E-state index contributed by atoms with van der Waals surface area (Å²) >= 11 is 0. The number of carbonyl (C=O) groups excluding carboxylic acids is 2. The Bertz CT molecular complexity index is 784. The lowest BCUT2D eigenvalue weighted by Gasteiger charge is -2.34. The average Bonchev–Trinajstić information content (AvgIpc) is 2.91. The number of carbonyl (C=O) groups is 2. The van der Waals surface area contributed by atoms with E-state index in [1.807, 2.05) is 13.8 Å². The molecule has 6 heteroatoms. The van der Waals surface area contributed by atoms with Crippen molar-refractivity contribution in [2.45, 2.75) is 65.0 Å². The Morgan fingerprint density at radius 1 is 1.33 bits per heavy atom. The molecule has 2 heterocycles. The van der Waals surface area contributed by atoms with E-state index in [1.165, 1.54) is 11.9 Å². The van der Waals surface area contributed by atoms with Crippen molar-refractivity contribution in [3.8, 4) is 0 Å². The second kappa shape index (κ2) is 7.62. The zero-order chi connectivity index (χ0) is 19.6. The van der Waals surface area contributed by atoms with E-state index in [1.54, 1.807) is 11.9 Å². The minimum atomic E-state index is -0.674. The molecule has 0 aromatic heterocycles. The van der Waals surface area contributed by atoms with Crippen LogP contribution in [0.1, 0.15) is 51.2 Å². The number of nitrogens with one attached hydrogen (secondary N) is 1. The maximum absolute atomic E-state index is 12.7. The number of hydrogen-bond donors (Lipinski definition) is 1. The number of fused-ring (bicyclic) bond motifs is 1. The van der Waals surface area contributed by atoms with Gasteiger partial charge in [-0.25, -0.2) is 5.01 Å². The van der Waals surface area contributed by atoms with Crippen molar-refractivity contribution in [1.82, 2.24) is 10.3 Å². The largest absolute Gasteiger partial charge is 0.313 e. The first-order valence-electron chi connectivity index (χ1n) is 9.63. The number of aliphatic imine (C=N–C) groups is 1. The fraction of sp³-hybridized carbons (Fsp3) is 0.524. The molecule has 1 amide bonds. The van der Waals surface area contributed by atoms with E-state index >= 15 is 0 Å². The van der Waals surface area contributed by atoms with Gasteiger partial charge in [0, 0.05) is 6.42 Å². The summed E-state index contributed by atoms with van der Waals surface area (Å²) in [7, 11) is 0. The molecule has 6 nitrogen and oxygen atoms in total. The molecule has 2 aliphatic heterocycles. The standard InChI is InChI=1S/C21H28N4O2/c1-5-6-7-17(15(3)26)19-24-21(4,12-16-10-8-14(2)9-11-16)18-20(27)22-13-23-25(18)19/h8-11,13,17-18H,5-7,12H2,1-4H3,(H,22,23,27). The SMILES string of the molecule is CCCCC(C(C)=O)C1=NC(C)(Cc2ccc(C)cc2)C2C(=O)NC=NN12. The van der Waals surface area contributed by atoms with E-state index in [0.717, 1.165) is 24.8 Å². The quantitative estimate of drug-likeness (QED) is 0.804. The van der Waals surface area contributed by atoms with Crippen LogP contribution in [0.4, 0.5) is 0 Å². The summed E-state index contributed by atoms with van der Waals surface area (Å²) in [5.41, 5.74) is 1.63. The zero-order valence-electron chi connectivity index (χ0n) is 16.5. The Morgan fingerprint density at radius 3 is 2.67 bits per heavy atom. The van der Waals surface area contributed by atoms with E-state index < -0.39 is 11.6 Å². The maximum atomic E-state index is 12.7. The Hall–Kier alpha value is -2.50. The molecular weight excluding hydrogens is 340 g/mol. The van der Waals surface area contributed by atoms with Crippen molar-refractivity contribution in [1.29, 1.82) is 0 Å². The number of aryl methyl sites for hydroxylation is 1. The highest BCUT2D eigenvalue weighted by molar-refractivity contribution is 6.08. The Morgan fingerprint density at radius 2 is 2.04 bits per heavy atom. The van der Waals surface area contributed by atoms with Gasteiger partial charge < -0.3 is 5.32 Å². The summed E-state index contributed by atoms with van der Waals surface area (Å²) in [4.78, 5) is 30.0. The molecular formula is C21H28N4O2. The Balaban J connectivity index is 1.99. The highest BCUT2D eigenvalue weighted by Gasteiger charge is 2.52. The second-order valence-electron chi connectivity index (χ2n) is 7.80. The van der Waals surface area contributed by atoms with Gasteiger partial charge in [0.25, 0.3) is 5.91 Å². The van der Waals surface area contributed by atoms with Crippen LogP contribution in [-0.4, -0.2) is 40.5 Å². The van der Waals surface area contributed by atoms with E-state index in [9.17, 15) is 9.59 Å². The molecule has 0 fully saturated rings. The van der Waals surface area contributed by atoms with Crippen molar-refractivity contribution < 1.29 is 9.59 Å². The monoisotopic (exact) mass is 368 g/mol. The minimum absolute atomic E-state index is 0.0710. The van der Waals surface area contributed by atoms with Crippen molar-refractivity contribution >= 4 is 23.9 Å². The van der Waals surface area contributed by atoms with Crippen LogP contribution in [0.2, 0.25) is 0 Å². The molecule has 2 aliphatic rings. The predicted octanol–water partition coefficient (Wildman–Crippen LogP) is 2.85. The molecule has 144 valence electrons. The van der Waals surface area contributed by atoms with Crippen LogP contribution < -0.4 is 5.32 Å². The lowest BCUT2D eigenvalue weighted by Crippen LogP contribution is -2.57. The number of nitrogens with zero attached hydrogens (tertiary/aromatic N) is 3. The molecule has 0 bridgehead atoms. The zero-order valence-corrected chi connectivity index (χ0v) is 16.5. The number of amides is 1. The van der Waals surface area contributed by atoms with Gasteiger partial charge in [-0.1, -0.05) is 49.6 Å². The smallest absolute Gasteiger partial charge is 0.252 e. The van der Waals surface area contributed by atoms with Gasteiger partial charge in [-0.2, -0.15) is 5.10 Å². The van der Waals surface area contributed by atoms with Crippen molar-refractivity contribution in [2.24, 2.45) is 16.0 Å². The summed E-state index contributed by atoms with van der Waals surface area (Å²) in [6.45, 7) is 7.73. The molecule has 27 heavy (non-hydrogen) atoms. The summed E-state index contributed by atoms with van der Waals surface area (Å²) in [5.74, 6) is 0.245. The van der Waals surface area contributed by atoms with Gasteiger partial charge in [-0.05, 0) is 32.8 Å². The maximum Gasteiger partial charge on any atom is 0.252 e. The molecule has 0 aliphatic carbocycles. The third-order valence-electron chi connectivity index (χ3n) is 5.41. The Kier molecular flexibility index (Phi) is 5.44. The fourth-order valence-electron chi connectivity index (χ4n) is 3.94. The van der Waals surface area contributed by atoms with Gasteiger partial charge in [-0.15, -0.1) is 0 Å². The first-order valence-corrected chi connectivity index (χ1v) is 9.63. The van der Waals surface area contributed by atoms with Crippen LogP contribution in [0.5, 0.6) is 0 Å². The first kappa shape index (κ1) is 19.3. The van der Waals surface area contributed by atoms with Gasteiger partial charge in [-0.3, -0.25) is 14.6 Å². The number of unbranched alkanes of at least 4 members (excludes halogenated alkanes) is 1. The lowest BCUT2D eigenvalue weighted by atomic mass is 9.86. The van der Waals surface area contributed by atoms with Gasteiger partial charge in [0.1, 0.15) is 18.0 Å². The molecule has 0 saturated carbocycles. The third-order valence-corrected chi connectivity index (χ3v) is 5.41. The van der Waals surface area contributed by atoms with Crippen LogP contribution in [-0.2, 0) is 16.0 Å². The molecule has 1 aromatic rings. The van der Waals surface area contributed by atoms with E-state index in [-0.39, 0.29) is 17.6 Å². The molecule has 0 radical (unpaired) electrons. The third kappa shape index (κ3) is 3.80. The number of rotatable bonds is 7. The predicted molar refractivity (Wildman–Crippen MR) is 107 cm³/mol. The van der Waals surface area contributed by atoms with Crippen molar-refractivity contribution in [2.75, 3.05) is 0 Å². The lowest BCUT2D eigenvalue weighted by molar-refractivity contribution is -0.126. The van der Waals surface area contributed by atoms with Gasteiger partial charge >= 0.3 is 0 Å². The van der Waals surface area contributed by atoms with Crippen molar-refractivity contribution in [3.63, 3.8) is 0 Å². The molecule has 3 unspecified atom stereocenters. The first-order chi connectivity index (χ1) is 12.9. The van der Waals surface area contributed by atoms with Crippen molar-refractivity contribution in [3.05, 3.63) is 35.4 Å². The number of hydrazone groups is 1. The van der Waals surface area contributed by atoms with Crippen LogP contribution >= 0.6 is 0 Å². The normalized spacial score (nSPS) is 25.0. The number of hydrogen-bond acceptors (Lipinski definition) is 5. The summed E-state index contributed by atoms with van der Waals surface area (Å²) in [6, 6.07) is 7.73. The minimum Gasteiger partial charge on any atom is -0.313 e. The van der Waals surface area contributed by atoms with E-state index in [0.29, 0.717) is 12.3 Å². The number of Topliss-reactive ketones (excluding diaryl/α,β-unsaturated/α-hetero) is 1. The highest BCUT2D eigenvalue weighted by atomic mass is 16.2. The molecule has 3 atom stereocenters. The summed E-state index contributed by atoms with van der Waals surface area (Å²) in [6.07, 6.45) is 4.67. The van der Waals surface area contributed by atoms with Gasteiger partial charge in [0.2, 0.25) is 0 Å². The summed E-state index contributed by atoms with van der Waals surface area (Å²) in [5, 5.41) is 8.76.